The molecular formula is C24H29N5OS. The van der Waals surface area contributed by atoms with E-state index in [0.717, 1.165) is 71.0 Å². The fourth-order valence-corrected chi connectivity index (χ4v) is 5.28. The fourth-order valence-electron chi connectivity index (χ4n) is 4.22. The summed E-state index contributed by atoms with van der Waals surface area (Å²) in [4.78, 5) is 22.8. The lowest BCUT2D eigenvalue weighted by atomic mass is 9.93. The van der Waals surface area contributed by atoms with Crippen LogP contribution in [0, 0.1) is 5.92 Å². The number of hydrogen-bond acceptors (Lipinski definition) is 6. The number of carbonyl (C=O) groups is 1. The molecule has 1 saturated heterocycles. The Morgan fingerprint density at radius 2 is 2.03 bits per heavy atom. The van der Waals surface area contributed by atoms with E-state index in [9.17, 15) is 4.79 Å². The molecule has 0 radical (unpaired) electrons. The van der Waals surface area contributed by atoms with Crippen LogP contribution in [0.15, 0.2) is 36.5 Å². The molecule has 3 heterocycles. The van der Waals surface area contributed by atoms with E-state index in [-0.39, 0.29) is 5.91 Å². The average molecular weight is 436 g/mol. The van der Waals surface area contributed by atoms with Gasteiger partial charge in [-0.25, -0.2) is 9.97 Å². The Morgan fingerprint density at radius 3 is 2.87 bits per heavy atom. The largest absolute Gasteiger partial charge is 0.354 e. The van der Waals surface area contributed by atoms with Gasteiger partial charge in [0.25, 0.3) is 5.91 Å². The summed E-state index contributed by atoms with van der Waals surface area (Å²) in [6, 6.07) is 10.3. The molecule has 1 amide bonds. The molecule has 2 aromatic heterocycles. The normalized spacial score (nSPS) is 17.0. The summed E-state index contributed by atoms with van der Waals surface area (Å²) >= 11 is 1.67. The van der Waals surface area contributed by atoms with Gasteiger partial charge in [-0.05, 0) is 81.8 Å². The maximum absolute atomic E-state index is 12.6. The predicted octanol–water partition coefficient (Wildman–Crippen LogP) is 4.44. The lowest BCUT2D eigenvalue weighted by molar-refractivity contribution is 0.0953. The highest BCUT2D eigenvalue weighted by molar-refractivity contribution is 7.22. The molecule has 0 spiro atoms. The van der Waals surface area contributed by atoms with Gasteiger partial charge >= 0.3 is 0 Å². The summed E-state index contributed by atoms with van der Waals surface area (Å²) in [5.41, 5.74) is 1.64. The molecule has 2 aliphatic rings. The molecule has 1 aliphatic carbocycles. The predicted molar refractivity (Wildman–Crippen MR) is 127 cm³/mol. The van der Waals surface area contributed by atoms with E-state index in [1.807, 2.05) is 24.4 Å². The van der Waals surface area contributed by atoms with Crippen LogP contribution in [0.4, 0.5) is 5.95 Å². The third-order valence-electron chi connectivity index (χ3n) is 6.16. The summed E-state index contributed by atoms with van der Waals surface area (Å²) in [5.74, 6) is 1.54. The molecule has 31 heavy (non-hydrogen) atoms. The molecule has 7 heteroatoms. The van der Waals surface area contributed by atoms with Gasteiger partial charge < -0.3 is 16.0 Å². The molecule has 162 valence electrons. The number of amides is 1. The summed E-state index contributed by atoms with van der Waals surface area (Å²) in [7, 11) is 0. The van der Waals surface area contributed by atoms with Gasteiger partial charge in [0, 0.05) is 34.4 Å². The van der Waals surface area contributed by atoms with Crippen molar-refractivity contribution in [1.82, 2.24) is 20.6 Å². The highest BCUT2D eigenvalue weighted by atomic mass is 32.1. The van der Waals surface area contributed by atoms with Crippen molar-refractivity contribution in [3.8, 4) is 10.6 Å². The number of rotatable bonds is 8. The number of thiophene rings is 1. The molecule has 0 unspecified atom stereocenters. The van der Waals surface area contributed by atoms with Gasteiger partial charge in [0.15, 0.2) is 0 Å². The van der Waals surface area contributed by atoms with Crippen LogP contribution in [-0.4, -0.2) is 41.6 Å². The number of hydrogen-bond donors (Lipinski definition) is 3. The Morgan fingerprint density at radius 1 is 1.16 bits per heavy atom. The fraction of sp³-hybridized carbons (Fsp3) is 0.458. The minimum Gasteiger partial charge on any atom is -0.354 e. The van der Waals surface area contributed by atoms with E-state index in [1.165, 1.54) is 19.3 Å². The third kappa shape index (κ3) is 5.05. The molecule has 2 fully saturated rings. The topological polar surface area (TPSA) is 78.9 Å². The first-order valence-electron chi connectivity index (χ1n) is 11.4. The van der Waals surface area contributed by atoms with Gasteiger partial charge in [0.05, 0.1) is 10.6 Å². The van der Waals surface area contributed by atoms with E-state index in [2.05, 4.69) is 33.1 Å². The molecule has 1 saturated carbocycles. The van der Waals surface area contributed by atoms with Gasteiger partial charge in [0.2, 0.25) is 5.95 Å². The van der Waals surface area contributed by atoms with Gasteiger partial charge in [-0.15, -0.1) is 11.3 Å². The first kappa shape index (κ1) is 20.4. The summed E-state index contributed by atoms with van der Waals surface area (Å²) in [5, 5.41) is 10.9. The van der Waals surface area contributed by atoms with Crippen LogP contribution in [0.3, 0.4) is 0 Å². The Balaban J connectivity index is 1.26. The zero-order valence-corrected chi connectivity index (χ0v) is 18.5. The standard InChI is InChI=1S/C24H29N5OS/c30-23(28-17-6-7-17)18-4-1-5-21-19(18)15-22(31-21)20-10-14-27-24(29-20)26-11-2-3-16-8-12-25-13-9-16/h1,4-5,10,14-17,25H,2-3,6-9,11-13H2,(H,28,30)(H,26,27,29). The molecule has 0 atom stereocenters. The number of piperidine rings is 1. The Bertz CT molecular complexity index is 1060. The first-order valence-corrected chi connectivity index (χ1v) is 12.2. The van der Waals surface area contributed by atoms with Crippen molar-refractivity contribution in [3.63, 3.8) is 0 Å². The molecule has 6 nitrogen and oxygen atoms in total. The SMILES string of the molecule is O=C(NC1CC1)c1cccc2sc(-c3ccnc(NCCCC4CCNCC4)n3)cc12. The summed E-state index contributed by atoms with van der Waals surface area (Å²) in [6.45, 7) is 3.20. The van der Waals surface area contributed by atoms with Crippen molar-refractivity contribution >= 4 is 33.3 Å². The average Bonchev–Trinajstić information content (AvgIpc) is 3.51. The molecular weight excluding hydrogens is 406 g/mol. The van der Waals surface area contributed by atoms with E-state index in [4.69, 9.17) is 4.98 Å². The number of carbonyl (C=O) groups excluding carboxylic acids is 1. The second-order valence-corrected chi connectivity index (χ2v) is 9.69. The number of aromatic nitrogens is 2. The highest BCUT2D eigenvalue weighted by Gasteiger charge is 2.25. The van der Waals surface area contributed by atoms with Crippen molar-refractivity contribution in [2.24, 2.45) is 5.92 Å². The Hall–Kier alpha value is -2.51. The van der Waals surface area contributed by atoms with Crippen LogP contribution in [0.2, 0.25) is 0 Å². The maximum atomic E-state index is 12.6. The van der Waals surface area contributed by atoms with E-state index >= 15 is 0 Å². The van der Waals surface area contributed by atoms with Gasteiger partial charge in [0.1, 0.15) is 0 Å². The minimum absolute atomic E-state index is 0.0243. The van der Waals surface area contributed by atoms with Gasteiger partial charge in [-0.3, -0.25) is 4.79 Å². The van der Waals surface area contributed by atoms with Crippen LogP contribution in [-0.2, 0) is 0 Å². The number of benzene rings is 1. The van der Waals surface area contributed by atoms with Gasteiger partial charge in [-0.1, -0.05) is 6.07 Å². The molecule has 3 aromatic rings. The van der Waals surface area contributed by atoms with E-state index < -0.39 is 0 Å². The quantitative estimate of drug-likeness (QED) is 0.456. The van der Waals surface area contributed by atoms with Crippen molar-refractivity contribution in [3.05, 3.63) is 42.1 Å². The molecule has 0 bridgehead atoms. The lowest BCUT2D eigenvalue weighted by Crippen LogP contribution is -2.27. The van der Waals surface area contributed by atoms with Crippen LogP contribution in [0.1, 0.15) is 48.9 Å². The highest BCUT2D eigenvalue weighted by Crippen LogP contribution is 2.35. The monoisotopic (exact) mass is 435 g/mol. The second kappa shape index (κ2) is 9.32. The Labute approximate surface area is 186 Å². The van der Waals surface area contributed by atoms with E-state index in [1.54, 1.807) is 11.3 Å². The second-order valence-electron chi connectivity index (χ2n) is 8.60. The van der Waals surface area contributed by atoms with Crippen molar-refractivity contribution < 1.29 is 4.79 Å². The lowest BCUT2D eigenvalue weighted by Gasteiger charge is -2.22. The number of nitrogens with one attached hydrogen (secondary N) is 3. The summed E-state index contributed by atoms with van der Waals surface area (Å²) < 4.78 is 1.11. The van der Waals surface area contributed by atoms with Crippen molar-refractivity contribution in [2.75, 3.05) is 25.0 Å². The molecule has 3 N–H and O–H groups in total. The van der Waals surface area contributed by atoms with Gasteiger partial charge in [-0.2, -0.15) is 0 Å². The van der Waals surface area contributed by atoms with Crippen LogP contribution in [0.25, 0.3) is 20.7 Å². The maximum Gasteiger partial charge on any atom is 0.252 e. The smallest absolute Gasteiger partial charge is 0.252 e. The van der Waals surface area contributed by atoms with Crippen molar-refractivity contribution in [2.45, 2.75) is 44.6 Å². The number of fused-ring (bicyclic) bond motifs is 1. The number of anilines is 1. The molecule has 1 aliphatic heterocycles. The third-order valence-corrected chi connectivity index (χ3v) is 7.28. The zero-order chi connectivity index (χ0) is 21.0. The Kier molecular flexibility index (Phi) is 6.13. The van der Waals surface area contributed by atoms with Crippen LogP contribution < -0.4 is 16.0 Å². The number of nitrogens with zero attached hydrogens (tertiary/aromatic N) is 2. The van der Waals surface area contributed by atoms with Crippen molar-refractivity contribution in [1.29, 1.82) is 0 Å². The molecule has 5 rings (SSSR count). The first-order chi connectivity index (χ1) is 15.3. The van der Waals surface area contributed by atoms with E-state index in [0.29, 0.717) is 12.0 Å². The minimum atomic E-state index is 0.0243. The van der Waals surface area contributed by atoms with Crippen LogP contribution in [0.5, 0.6) is 0 Å². The molecule has 1 aromatic carbocycles. The summed E-state index contributed by atoms with van der Waals surface area (Å²) in [6.07, 6.45) is 8.97. The zero-order valence-electron chi connectivity index (χ0n) is 17.7. The van der Waals surface area contributed by atoms with Crippen LogP contribution >= 0.6 is 11.3 Å².